The lowest BCUT2D eigenvalue weighted by Crippen LogP contribution is -2.34. The molecule has 2 aromatic carbocycles. The second-order valence-electron chi connectivity index (χ2n) is 9.15. The normalized spacial score (nSPS) is 17.9. The van der Waals surface area contributed by atoms with E-state index in [0.717, 1.165) is 29.5 Å². The summed E-state index contributed by atoms with van der Waals surface area (Å²) in [5.41, 5.74) is 2.69. The van der Waals surface area contributed by atoms with Crippen molar-refractivity contribution in [2.24, 2.45) is 5.18 Å². The van der Waals surface area contributed by atoms with Crippen molar-refractivity contribution in [1.82, 2.24) is 0 Å². The zero-order chi connectivity index (χ0) is 20.9. The van der Waals surface area contributed by atoms with Gasteiger partial charge in [-0.2, -0.15) is 18.1 Å². The average molecular weight is 389 g/mol. The molecule has 1 aliphatic carbocycles. The number of alkyl halides is 3. The predicted molar refractivity (Wildman–Crippen MR) is 106 cm³/mol. The van der Waals surface area contributed by atoms with Gasteiger partial charge in [0.1, 0.15) is 6.54 Å². The van der Waals surface area contributed by atoms with Gasteiger partial charge in [-0.1, -0.05) is 45.0 Å². The zero-order valence-electron chi connectivity index (χ0n) is 17.0. The van der Waals surface area contributed by atoms with Crippen LogP contribution in [-0.2, 0) is 23.6 Å². The fourth-order valence-electron chi connectivity index (χ4n) is 4.20. The van der Waals surface area contributed by atoms with Crippen LogP contribution in [0.15, 0.2) is 35.5 Å². The van der Waals surface area contributed by atoms with Crippen molar-refractivity contribution in [1.29, 1.82) is 0 Å². The molecule has 0 bridgehead atoms. The van der Waals surface area contributed by atoms with Crippen molar-refractivity contribution >= 4 is 0 Å². The Labute approximate surface area is 164 Å². The number of fused-ring (bicyclic) bond motifs is 1. The van der Waals surface area contributed by atoms with Crippen molar-refractivity contribution in [3.63, 3.8) is 0 Å². The Kier molecular flexibility index (Phi) is 4.93. The Bertz CT molecular complexity index is 926. The van der Waals surface area contributed by atoms with Crippen LogP contribution in [0.25, 0.3) is 11.1 Å². The number of nitroso groups, excluding NO2 is 1. The molecule has 0 amide bonds. The second kappa shape index (κ2) is 6.71. The van der Waals surface area contributed by atoms with E-state index in [4.69, 9.17) is 0 Å². The molecule has 2 nitrogen and oxygen atoms in total. The van der Waals surface area contributed by atoms with Crippen LogP contribution in [-0.4, -0.2) is 0 Å². The first-order valence-corrected chi connectivity index (χ1v) is 9.52. The second-order valence-corrected chi connectivity index (χ2v) is 9.15. The molecule has 5 heteroatoms. The highest BCUT2D eigenvalue weighted by atomic mass is 19.4. The van der Waals surface area contributed by atoms with E-state index in [1.54, 1.807) is 31.2 Å². The minimum atomic E-state index is -4.46. The third-order valence-corrected chi connectivity index (χ3v) is 6.14. The summed E-state index contributed by atoms with van der Waals surface area (Å²) < 4.78 is 42.2. The summed E-state index contributed by atoms with van der Waals surface area (Å²) in [5, 5.41) is 2.88. The number of benzene rings is 2. The van der Waals surface area contributed by atoms with Crippen molar-refractivity contribution in [3.05, 3.63) is 63.1 Å². The van der Waals surface area contributed by atoms with E-state index in [0.29, 0.717) is 11.1 Å². The maximum atomic E-state index is 14.1. The highest BCUT2D eigenvalue weighted by Gasteiger charge is 2.42. The summed E-state index contributed by atoms with van der Waals surface area (Å²) in [7, 11) is 0. The Morgan fingerprint density at radius 3 is 2.04 bits per heavy atom. The molecule has 0 unspecified atom stereocenters. The number of halogens is 3. The first-order chi connectivity index (χ1) is 12.9. The van der Waals surface area contributed by atoms with Crippen molar-refractivity contribution in [3.8, 4) is 11.1 Å². The smallest absolute Gasteiger partial charge is 0.166 e. The molecule has 2 aromatic rings. The van der Waals surface area contributed by atoms with Gasteiger partial charge in [0.25, 0.3) is 0 Å². The summed E-state index contributed by atoms with van der Waals surface area (Å²) in [6.07, 6.45) is -2.69. The van der Waals surface area contributed by atoms with Crippen LogP contribution in [0, 0.1) is 11.8 Å². The molecule has 0 spiro atoms. The third kappa shape index (κ3) is 3.59. The van der Waals surface area contributed by atoms with Crippen molar-refractivity contribution < 1.29 is 13.2 Å². The number of nitrogens with zero attached hydrogens (tertiary/aromatic N) is 1. The van der Waals surface area contributed by atoms with Crippen LogP contribution in [0.4, 0.5) is 13.2 Å². The van der Waals surface area contributed by atoms with E-state index >= 15 is 0 Å². The Hall–Kier alpha value is -2.17. The minimum absolute atomic E-state index is 0.0574. The first-order valence-electron chi connectivity index (χ1n) is 9.52. The summed E-state index contributed by atoms with van der Waals surface area (Å²) >= 11 is 0. The van der Waals surface area contributed by atoms with Gasteiger partial charge in [0.05, 0.1) is 5.56 Å². The van der Waals surface area contributed by atoms with Gasteiger partial charge in [0, 0.05) is 0 Å². The summed E-state index contributed by atoms with van der Waals surface area (Å²) in [5.74, 6) is 0. The molecular weight excluding hydrogens is 363 g/mol. The molecule has 0 N–H and O–H groups in total. The number of hydrogen-bond acceptors (Lipinski definition) is 2. The molecule has 1 aliphatic rings. The number of aryl methyl sites for hydroxylation is 1. The van der Waals surface area contributed by atoms with Crippen LogP contribution in [0.3, 0.4) is 0 Å². The van der Waals surface area contributed by atoms with Gasteiger partial charge in [-0.3, -0.25) is 0 Å². The van der Waals surface area contributed by atoms with E-state index < -0.39 is 11.7 Å². The molecule has 150 valence electrons. The standard InChI is InChI=1S/C23H26F3NO/c1-14-6-7-15(13-27-28)10-16(14)17-11-19-20(12-18(17)23(24,25)26)22(4,5)9-8-21(19,2)3/h6-7,10-12H,8-9,13H2,1-5H3. The monoisotopic (exact) mass is 389 g/mol. The highest BCUT2D eigenvalue weighted by molar-refractivity contribution is 5.74. The first kappa shape index (κ1) is 20.6. The third-order valence-electron chi connectivity index (χ3n) is 6.14. The van der Waals surface area contributed by atoms with Gasteiger partial charge in [0.2, 0.25) is 0 Å². The molecule has 0 saturated heterocycles. The average Bonchev–Trinajstić information content (AvgIpc) is 2.59. The molecule has 0 aliphatic heterocycles. The van der Waals surface area contributed by atoms with Gasteiger partial charge >= 0.3 is 6.18 Å². The van der Waals surface area contributed by atoms with Crippen LogP contribution in [0.5, 0.6) is 0 Å². The quantitative estimate of drug-likeness (QED) is 0.507. The zero-order valence-corrected chi connectivity index (χ0v) is 17.0. The lowest BCUT2D eigenvalue weighted by atomic mass is 9.62. The molecule has 3 rings (SSSR count). The topological polar surface area (TPSA) is 29.4 Å². The molecule has 0 saturated carbocycles. The predicted octanol–water partition coefficient (Wildman–Crippen LogP) is 7.30. The Morgan fingerprint density at radius 2 is 1.50 bits per heavy atom. The number of hydrogen-bond donors (Lipinski definition) is 0. The van der Waals surface area contributed by atoms with E-state index in [-0.39, 0.29) is 22.9 Å². The van der Waals surface area contributed by atoms with E-state index in [9.17, 15) is 18.1 Å². The lowest BCUT2D eigenvalue weighted by molar-refractivity contribution is -0.137. The summed E-state index contributed by atoms with van der Waals surface area (Å²) in [6, 6.07) is 8.24. The van der Waals surface area contributed by atoms with E-state index in [1.165, 1.54) is 6.07 Å². The highest BCUT2D eigenvalue weighted by Crippen LogP contribution is 2.50. The fourth-order valence-corrected chi connectivity index (χ4v) is 4.20. The summed E-state index contributed by atoms with van der Waals surface area (Å²) in [4.78, 5) is 10.7. The lowest BCUT2D eigenvalue weighted by Gasteiger charge is -2.42. The van der Waals surface area contributed by atoms with Gasteiger partial charge in [-0.05, 0) is 82.2 Å². The SMILES string of the molecule is Cc1ccc(CN=O)cc1-c1cc2c(cc1C(F)(F)F)C(C)(C)CCC2(C)C. The van der Waals surface area contributed by atoms with Gasteiger partial charge in [-0.25, -0.2) is 0 Å². The van der Waals surface area contributed by atoms with Crippen molar-refractivity contribution in [2.45, 2.75) is 71.0 Å². The van der Waals surface area contributed by atoms with Crippen LogP contribution < -0.4 is 0 Å². The van der Waals surface area contributed by atoms with Crippen molar-refractivity contribution in [2.75, 3.05) is 0 Å². The molecule has 28 heavy (non-hydrogen) atoms. The largest absolute Gasteiger partial charge is 0.417 e. The molecule has 0 atom stereocenters. The van der Waals surface area contributed by atoms with Gasteiger partial charge in [0.15, 0.2) is 0 Å². The van der Waals surface area contributed by atoms with E-state index in [2.05, 4.69) is 19.0 Å². The molecular formula is C23H26F3NO. The molecule has 0 heterocycles. The van der Waals surface area contributed by atoms with Crippen LogP contribution in [0.2, 0.25) is 0 Å². The molecule has 0 radical (unpaired) electrons. The summed E-state index contributed by atoms with van der Waals surface area (Å²) in [6.45, 7) is 9.96. The number of rotatable bonds is 3. The van der Waals surface area contributed by atoms with E-state index in [1.807, 2.05) is 13.8 Å². The maximum absolute atomic E-state index is 14.1. The molecule has 0 fully saturated rings. The van der Waals surface area contributed by atoms with Crippen LogP contribution >= 0.6 is 0 Å². The van der Waals surface area contributed by atoms with Crippen LogP contribution in [0.1, 0.15) is 68.4 Å². The Morgan fingerprint density at radius 1 is 0.929 bits per heavy atom. The molecule has 0 aromatic heterocycles. The Balaban J connectivity index is 2.36. The van der Waals surface area contributed by atoms with Gasteiger partial charge in [-0.15, -0.1) is 0 Å². The fraction of sp³-hybridized carbons (Fsp3) is 0.478. The minimum Gasteiger partial charge on any atom is -0.166 e. The van der Waals surface area contributed by atoms with Gasteiger partial charge < -0.3 is 0 Å². The maximum Gasteiger partial charge on any atom is 0.417 e.